The molecule has 4 heteroatoms. The number of pyridine rings is 1. The van der Waals surface area contributed by atoms with Crippen LogP contribution in [0.5, 0.6) is 0 Å². The van der Waals surface area contributed by atoms with Crippen molar-refractivity contribution in [3.05, 3.63) is 34.5 Å². The Labute approximate surface area is 99.6 Å². The lowest BCUT2D eigenvalue weighted by Gasteiger charge is -2.13. The zero-order valence-electron chi connectivity index (χ0n) is 9.34. The predicted octanol–water partition coefficient (Wildman–Crippen LogP) is 3.04. The van der Waals surface area contributed by atoms with Gasteiger partial charge in [0.2, 0.25) is 0 Å². The van der Waals surface area contributed by atoms with Crippen molar-refractivity contribution >= 4 is 28.2 Å². The summed E-state index contributed by atoms with van der Waals surface area (Å²) >= 11 is 5.98. The Morgan fingerprint density at radius 1 is 1.44 bits per heavy atom. The molecule has 0 saturated carbocycles. The van der Waals surface area contributed by atoms with Gasteiger partial charge in [-0.1, -0.05) is 18.5 Å². The second kappa shape index (κ2) is 4.28. The van der Waals surface area contributed by atoms with Crippen LogP contribution in [0.25, 0.3) is 10.9 Å². The molecule has 0 unspecified atom stereocenters. The van der Waals surface area contributed by atoms with Gasteiger partial charge in [-0.15, -0.1) is 0 Å². The second-order valence-electron chi connectivity index (χ2n) is 3.72. The number of hydrogen-bond donors (Lipinski definition) is 2. The molecule has 0 saturated heterocycles. The van der Waals surface area contributed by atoms with Gasteiger partial charge in [0.1, 0.15) is 0 Å². The highest BCUT2D eigenvalue weighted by Gasteiger charge is 2.09. The highest BCUT2D eigenvalue weighted by Crippen LogP contribution is 2.29. The minimum absolute atomic E-state index is 0.689. The number of benzene rings is 1. The number of anilines is 1. The number of aromatic nitrogens is 1. The molecule has 0 amide bonds. The number of rotatable bonds is 2. The lowest BCUT2D eigenvalue weighted by molar-refractivity contribution is 1.03. The average Bonchev–Trinajstić information content (AvgIpc) is 2.28. The fourth-order valence-electron chi connectivity index (χ4n) is 1.91. The van der Waals surface area contributed by atoms with Crippen LogP contribution in [0.1, 0.15) is 18.2 Å². The Balaban J connectivity index is 2.84. The first kappa shape index (κ1) is 11.2. The molecule has 0 aliphatic carbocycles. The Kier molecular flexibility index (Phi) is 2.99. The van der Waals surface area contributed by atoms with Crippen molar-refractivity contribution in [2.45, 2.75) is 20.3 Å². The fourth-order valence-corrected chi connectivity index (χ4v) is 2.08. The summed E-state index contributed by atoms with van der Waals surface area (Å²) in [5, 5.41) is 1.65. The molecule has 0 spiro atoms. The monoisotopic (exact) mass is 235 g/mol. The predicted molar refractivity (Wildman–Crippen MR) is 68.7 cm³/mol. The SMILES string of the molecule is CCc1nc2ccc(Cl)cc2c(NN)c1C. The summed E-state index contributed by atoms with van der Waals surface area (Å²) < 4.78 is 0. The molecular formula is C12H14ClN3. The number of fused-ring (bicyclic) bond motifs is 1. The molecule has 0 radical (unpaired) electrons. The Hall–Kier alpha value is -1.32. The number of aryl methyl sites for hydroxylation is 1. The molecule has 16 heavy (non-hydrogen) atoms. The van der Waals surface area contributed by atoms with Crippen molar-refractivity contribution in [2.75, 3.05) is 5.43 Å². The van der Waals surface area contributed by atoms with Crippen LogP contribution in [-0.4, -0.2) is 4.98 Å². The van der Waals surface area contributed by atoms with E-state index in [9.17, 15) is 0 Å². The third-order valence-corrected chi connectivity index (χ3v) is 3.01. The van der Waals surface area contributed by atoms with E-state index in [1.165, 1.54) is 0 Å². The highest BCUT2D eigenvalue weighted by atomic mass is 35.5. The van der Waals surface area contributed by atoms with Gasteiger partial charge in [-0.2, -0.15) is 0 Å². The van der Waals surface area contributed by atoms with Crippen LogP contribution in [0.15, 0.2) is 18.2 Å². The van der Waals surface area contributed by atoms with Crippen molar-refractivity contribution in [3.63, 3.8) is 0 Å². The molecule has 0 aliphatic heterocycles. The summed E-state index contributed by atoms with van der Waals surface area (Å²) in [6, 6.07) is 5.63. The Morgan fingerprint density at radius 3 is 2.81 bits per heavy atom. The number of nitrogens with one attached hydrogen (secondary N) is 1. The number of halogens is 1. The van der Waals surface area contributed by atoms with E-state index in [1.54, 1.807) is 0 Å². The third kappa shape index (κ3) is 1.72. The molecule has 1 aromatic heterocycles. The molecule has 0 fully saturated rings. The molecular weight excluding hydrogens is 222 g/mol. The molecule has 0 aliphatic rings. The van der Waals surface area contributed by atoms with E-state index >= 15 is 0 Å². The van der Waals surface area contributed by atoms with Gasteiger partial charge in [0.05, 0.1) is 11.2 Å². The summed E-state index contributed by atoms with van der Waals surface area (Å²) in [6.45, 7) is 4.10. The quantitative estimate of drug-likeness (QED) is 0.621. The topological polar surface area (TPSA) is 50.9 Å². The minimum Gasteiger partial charge on any atom is -0.323 e. The fraction of sp³-hybridized carbons (Fsp3) is 0.250. The van der Waals surface area contributed by atoms with Gasteiger partial charge in [0.25, 0.3) is 0 Å². The maximum atomic E-state index is 5.98. The molecule has 1 heterocycles. The van der Waals surface area contributed by atoms with E-state index in [-0.39, 0.29) is 0 Å². The molecule has 3 N–H and O–H groups in total. The molecule has 0 atom stereocenters. The molecule has 84 valence electrons. The van der Waals surface area contributed by atoms with Crippen LogP contribution in [0, 0.1) is 6.92 Å². The summed E-state index contributed by atoms with van der Waals surface area (Å²) in [6.07, 6.45) is 0.888. The van der Waals surface area contributed by atoms with Crippen molar-refractivity contribution in [2.24, 2.45) is 5.84 Å². The summed E-state index contributed by atoms with van der Waals surface area (Å²) in [5.74, 6) is 5.57. The number of nitrogens with two attached hydrogens (primary N) is 1. The van der Waals surface area contributed by atoms with Crippen LogP contribution in [0.3, 0.4) is 0 Å². The number of hydrazine groups is 1. The first-order valence-corrected chi connectivity index (χ1v) is 5.60. The Morgan fingerprint density at radius 2 is 2.19 bits per heavy atom. The van der Waals surface area contributed by atoms with E-state index in [4.69, 9.17) is 17.4 Å². The van der Waals surface area contributed by atoms with E-state index in [1.807, 2.05) is 25.1 Å². The van der Waals surface area contributed by atoms with Crippen LogP contribution in [0.2, 0.25) is 5.02 Å². The molecule has 0 bridgehead atoms. The van der Waals surface area contributed by atoms with Crippen LogP contribution in [-0.2, 0) is 6.42 Å². The standard InChI is InChI=1S/C12H14ClN3/c1-3-10-7(2)12(16-14)9-6-8(13)4-5-11(9)15-10/h4-6H,3,14H2,1-2H3,(H,15,16). The van der Waals surface area contributed by atoms with E-state index in [0.717, 1.165) is 34.3 Å². The van der Waals surface area contributed by atoms with Gasteiger partial charge in [-0.05, 0) is 37.1 Å². The summed E-state index contributed by atoms with van der Waals surface area (Å²) in [4.78, 5) is 4.59. The van der Waals surface area contributed by atoms with Gasteiger partial charge in [-0.25, -0.2) is 0 Å². The smallest absolute Gasteiger partial charge is 0.0727 e. The first-order chi connectivity index (χ1) is 7.67. The first-order valence-electron chi connectivity index (χ1n) is 5.22. The second-order valence-corrected chi connectivity index (χ2v) is 4.15. The van der Waals surface area contributed by atoms with Crippen molar-refractivity contribution < 1.29 is 0 Å². The van der Waals surface area contributed by atoms with E-state index < -0.39 is 0 Å². The highest BCUT2D eigenvalue weighted by molar-refractivity contribution is 6.31. The molecule has 1 aromatic carbocycles. The van der Waals surface area contributed by atoms with Gasteiger partial charge in [0.15, 0.2) is 0 Å². The van der Waals surface area contributed by atoms with Gasteiger partial charge >= 0.3 is 0 Å². The van der Waals surface area contributed by atoms with Crippen LogP contribution >= 0.6 is 11.6 Å². The van der Waals surface area contributed by atoms with Gasteiger partial charge in [-0.3, -0.25) is 10.8 Å². The zero-order valence-corrected chi connectivity index (χ0v) is 10.1. The molecule has 2 rings (SSSR count). The zero-order chi connectivity index (χ0) is 11.7. The number of nitrogen functional groups attached to an aromatic ring is 1. The Bertz CT molecular complexity index is 537. The number of hydrogen-bond acceptors (Lipinski definition) is 3. The van der Waals surface area contributed by atoms with Crippen molar-refractivity contribution in [1.29, 1.82) is 0 Å². The molecule has 3 nitrogen and oxygen atoms in total. The maximum absolute atomic E-state index is 5.98. The van der Waals surface area contributed by atoms with E-state index in [0.29, 0.717) is 5.02 Å². The van der Waals surface area contributed by atoms with Crippen molar-refractivity contribution in [3.8, 4) is 0 Å². The normalized spacial score (nSPS) is 10.8. The van der Waals surface area contributed by atoms with Gasteiger partial charge < -0.3 is 5.43 Å². The minimum atomic E-state index is 0.689. The molecule has 2 aromatic rings. The van der Waals surface area contributed by atoms with E-state index in [2.05, 4.69) is 17.3 Å². The lowest BCUT2D eigenvalue weighted by atomic mass is 10.1. The average molecular weight is 236 g/mol. The third-order valence-electron chi connectivity index (χ3n) is 2.77. The number of nitrogens with zero attached hydrogens (tertiary/aromatic N) is 1. The van der Waals surface area contributed by atoms with Crippen LogP contribution in [0.4, 0.5) is 5.69 Å². The lowest BCUT2D eigenvalue weighted by Crippen LogP contribution is -2.11. The van der Waals surface area contributed by atoms with Crippen LogP contribution < -0.4 is 11.3 Å². The summed E-state index contributed by atoms with van der Waals surface area (Å²) in [7, 11) is 0. The van der Waals surface area contributed by atoms with Crippen molar-refractivity contribution in [1.82, 2.24) is 4.98 Å². The van der Waals surface area contributed by atoms with Gasteiger partial charge in [0, 0.05) is 16.1 Å². The largest absolute Gasteiger partial charge is 0.323 e. The maximum Gasteiger partial charge on any atom is 0.0727 e. The summed E-state index contributed by atoms with van der Waals surface area (Å²) in [5.41, 5.74) is 6.71.